The highest BCUT2D eigenvalue weighted by atomic mass is 16.1. The van der Waals surface area contributed by atoms with E-state index in [2.05, 4.69) is 35.5 Å². The van der Waals surface area contributed by atoms with Crippen LogP contribution in [0, 0.1) is 0 Å². The van der Waals surface area contributed by atoms with E-state index in [1.165, 1.54) is 18.6 Å². The van der Waals surface area contributed by atoms with Gasteiger partial charge >= 0.3 is 0 Å². The van der Waals surface area contributed by atoms with E-state index in [0.29, 0.717) is 11.6 Å². The van der Waals surface area contributed by atoms with E-state index in [9.17, 15) is 4.79 Å². The van der Waals surface area contributed by atoms with Crippen LogP contribution in [-0.4, -0.2) is 36.0 Å². The number of carbonyl (C=O) groups is 1. The minimum Gasteiger partial charge on any atom is -0.341 e. The Bertz CT molecular complexity index is 757. The Labute approximate surface area is 126 Å². The maximum absolute atomic E-state index is 12.0. The van der Waals surface area contributed by atoms with Gasteiger partial charge in [0.05, 0.1) is 12.2 Å². The number of amides is 1. The molecule has 8 heteroatoms. The third kappa shape index (κ3) is 2.95. The quantitative estimate of drug-likeness (QED) is 0.747. The molecule has 1 atom stereocenters. The number of nitrogens with zero attached hydrogens (tertiary/aromatic N) is 5. The molecule has 0 spiro atoms. The molecule has 0 unspecified atom stereocenters. The van der Waals surface area contributed by atoms with Crippen molar-refractivity contribution in [2.24, 2.45) is 0 Å². The van der Waals surface area contributed by atoms with Gasteiger partial charge in [0.2, 0.25) is 0 Å². The van der Waals surface area contributed by atoms with Gasteiger partial charge in [-0.3, -0.25) is 19.9 Å². The Morgan fingerprint density at radius 1 is 1.23 bits per heavy atom. The molecule has 0 radical (unpaired) electrons. The third-order valence-corrected chi connectivity index (χ3v) is 2.98. The molecule has 0 saturated carbocycles. The van der Waals surface area contributed by atoms with E-state index in [1.54, 1.807) is 12.4 Å². The summed E-state index contributed by atoms with van der Waals surface area (Å²) in [7, 11) is 0. The smallest absolute Gasteiger partial charge is 0.272 e. The van der Waals surface area contributed by atoms with E-state index >= 15 is 0 Å². The first kappa shape index (κ1) is 13.8. The lowest BCUT2D eigenvalue weighted by atomic mass is 10.2. The van der Waals surface area contributed by atoms with Gasteiger partial charge in [0.1, 0.15) is 11.5 Å². The fraction of sp³-hybridized carbons (Fsp3) is 0.143. The molecule has 0 fully saturated rings. The average Bonchev–Trinajstić information content (AvgIpc) is 3.06. The summed E-state index contributed by atoms with van der Waals surface area (Å²) in [5.41, 5.74) is 1.05. The molecule has 0 aromatic carbocycles. The van der Waals surface area contributed by atoms with E-state index in [0.717, 1.165) is 5.56 Å². The standard InChI is InChI=1S/C14H13N7O/c1-9(18-14(22)11-8-16-5-6-17-11)12-19-13(21-20-12)10-3-2-4-15-7-10/h2-9H,1H3,(H,18,22)(H,19,20,21)/t9-/m1/s1. The molecular formula is C14H13N7O. The van der Waals surface area contributed by atoms with E-state index in [4.69, 9.17) is 0 Å². The van der Waals surface area contributed by atoms with Crippen LogP contribution in [0.25, 0.3) is 11.4 Å². The molecule has 0 saturated heterocycles. The molecule has 3 aromatic heterocycles. The first-order chi connectivity index (χ1) is 10.7. The Kier molecular flexibility index (Phi) is 3.82. The van der Waals surface area contributed by atoms with Crippen molar-refractivity contribution in [2.45, 2.75) is 13.0 Å². The number of hydrogen-bond donors (Lipinski definition) is 2. The minimum absolute atomic E-state index is 0.251. The van der Waals surface area contributed by atoms with Crippen molar-refractivity contribution in [2.75, 3.05) is 0 Å². The van der Waals surface area contributed by atoms with Crippen LogP contribution in [0.15, 0.2) is 43.1 Å². The summed E-state index contributed by atoms with van der Waals surface area (Å²) >= 11 is 0. The van der Waals surface area contributed by atoms with Gasteiger partial charge in [0, 0.05) is 30.4 Å². The molecule has 3 aromatic rings. The zero-order chi connectivity index (χ0) is 15.4. The van der Waals surface area contributed by atoms with Crippen molar-refractivity contribution in [3.8, 4) is 11.4 Å². The van der Waals surface area contributed by atoms with Crippen LogP contribution >= 0.6 is 0 Å². The van der Waals surface area contributed by atoms with Gasteiger partial charge in [0.15, 0.2) is 5.82 Å². The van der Waals surface area contributed by atoms with Crippen LogP contribution in [0.3, 0.4) is 0 Å². The second kappa shape index (κ2) is 6.08. The van der Waals surface area contributed by atoms with Crippen molar-refractivity contribution < 1.29 is 4.79 Å². The van der Waals surface area contributed by atoms with Crippen molar-refractivity contribution in [3.05, 3.63) is 54.6 Å². The van der Waals surface area contributed by atoms with Crippen LogP contribution in [0.2, 0.25) is 0 Å². The number of hydrogen-bond acceptors (Lipinski definition) is 6. The molecule has 0 bridgehead atoms. The lowest BCUT2D eigenvalue weighted by Gasteiger charge is -2.09. The van der Waals surface area contributed by atoms with Crippen molar-refractivity contribution in [1.29, 1.82) is 0 Å². The molecule has 110 valence electrons. The van der Waals surface area contributed by atoms with Crippen molar-refractivity contribution >= 4 is 5.91 Å². The van der Waals surface area contributed by atoms with Gasteiger partial charge in [-0.05, 0) is 19.1 Å². The molecular weight excluding hydrogens is 282 g/mol. The highest BCUT2D eigenvalue weighted by molar-refractivity contribution is 5.92. The summed E-state index contributed by atoms with van der Waals surface area (Å²) in [6.07, 6.45) is 7.74. The number of carbonyl (C=O) groups excluding carboxylic acids is 1. The zero-order valence-corrected chi connectivity index (χ0v) is 11.8. The van der Waals surface area contributed by atoms with Crippen molar-refractivity contribution in [1.82, 2.24) is 35.5 Å². The molecule has 0 aliphatic heterocycles. The molecule has 3 rings (SSSR count). The SMILES string of the molecule is C[C@@H](NC(=O)c1cnccn1)c1nc(-c2cccnc2)n[nH]1. The Morgan fingerprint density at radius 2 is 2.09 bits per heavy atom. The van der Waals surface area contributed by atoms with Crippen LogP contribution in [0.5, 0.6) is 0 Å². The van der Waals surface area contributed by atoms with Gasteiger partial charge in [-0.2, -0.15) is 5.10 Å². The van der Waals surface area contributed by atoms with Gasteiger partial charge in [0.25, 0.3) is 5.91 Å². The van der Waals surface area contributed by atoms with Crippen molar-refractivity contribution in [3.63, 3.8) is 0 Å². The molecule has 0 aliphatic carbocycles. The summed E-state index contributed by atoms with van der Waals surface area (Å²) in [5.74, 6) is 0.764. The highest BCUT2D eigenvalue weighted by Crippen LogP contribution is 2.15. The van der Waals surface area contributed by atoms with Crippen LogP contribution in [0.1, 0.15) is 29.3 Å². The lowest BCUT2D eigenvalue weighted by Crippen LogP contribution is -2.28. The first-order valence-corrected chi connectivity index (χ1v) is 6.63. The summed E-state index contributed by atoms with van der Waals surface area (Å²) in [6.45, 7) is 1.81. The summed E-state index contributed by atoms with van der Waals surface area (Å²) in [5, 5.41) is 9.74. The summed E-state index contributed by atoms with van der Waals surface area (Å²) < 4.78 is 0. The zero-order valence-electron chi connectivity index (χ0n) is 11.8. The monoisotopic (exact) mass is 295 g/mol. The Balaban J connectivity index is 1.72. The molecule has 0 aliphatic rings. The third-order valence-electron chi connectivity index (χ3n) is 2.98. The number of H-pyrrole nitrogens is 1. The van der Waals surface area contributed by atoms with E-state index < -0.39 is 0 Å². The highest BCUT2D eigenvalue weighted by Gasteiger charge is 2.16. The van der Waals surface area contributed by atoms with Crippen LogP contribution < -0.4 is 5.32 Å². The minimum atomic E-state index is -0.340. The summed E-state index contributed by atoms with van der Waals surface area (Å²) in [6, 6.07) is 3.33. The fourth-order valence-corrected chi connectivity index (χ4v) is 1.85. The molecule has 2 N–H and O–H groups in total. The van der Waals surface area contributed by atoms with Gasteiger partial charge in [-0.1, -0.05) is 0 Å². The van der Waals surface area contributed by atoms with E-state index in [-0.39, 0.29) is 17.6 Å². The maximum Gasteiger partial charge on any atom is 0.272 e. The van der Waals surface area contributed by atoms with Gasteiger partial charge < -0.3 is 5.32 Å². The number of aromatic nitrogens is 6. The lowest BCUT2D eigenvalue weighted by molar-refractivity contribution is 0.0933. The van der Waals surface area contributed by atoms with Crippen LogP contribution in [0.4, 0.5) is 0 Å². The van der Waals surface area contributed by atoms with Gasteiger partial charge in [-0.15, -0.1) is 0 Å². The maximum atomic E-state index is 12.0. The topological polar surface area (TPSA) is 109 Å². The van der Waals surface area contributed by atoms with Crippen LogP contribution in [-0.2, 0) is 0 Å². The largest absolute Gasteiger partial charge is 0.341 e. The Hall–Kier alpha value is -3.16. The summed E-state index contributed by atoms with van der Waals surface area (Å²) in [4.78, 5) is 28.2. The second-order valence-corrected chi connectivity index (χ2v) is 4.57. The normalized spacial score (nSPS) is 11.9. The molecule has 1 amide bonds. The number of aromatic amines is 1. The average molecular weight is 295 g/mol. The van der Waals surface area contributed by atoms with Gasteiger partial charge in [-0.25, -0.2) is 9.97 Å². The second-order valence-electron chi connectivity index (χ2n) is 4.57. The predicted molar refractivity (Wildman–Crippen MR) is 77.5 cm³/mol. The Morgan fingerprint density at radius 3 is 2.82 bits per heavy atom. The number of rotatable bonds is 4. The molecule has 3 heterocycles. The molecule has 8 nitrogen and oxygen atoms in total. The predicted octanol–water partition coefficient (Wildman–Crippen LogP) is 1.15. The number of nitrogens with one attached hydrogen (secondary N) is 2. The first-order valence-electron chi connectivity index (χ1n) is 6.63. The van der Waals surface area contributed by atoms with E-state index in [1.807, 2.05) is 19.1 Å². The molecule has 22 heavy (non-hydrogen) atoms. The number of pyridine rings is 1. The fourth-order valence-electron chi connectivity index (χ4n) is 1.85.